The predicted octanol–water partition coefficient (Wildman–Crippen LogP) is 16.2. The van der Waals surface area contributed by atoms with Crippen LogP contribution >= 0.6 is 0 Å². The number of unbranched alkanes of at least 4 members (excludes halogenated alkanes) is 31. The standard InChI is InChI=1S/C31H68N4.2C10H22/c1-4-7-9-11-13-15-17-19-21-23-29-35(28-22-20-18-16-14-12-10-8-5-2)30-27-34-31-33-26-25-32-24-6-3;2*1-3-5-7-9-10-8-6-4-2/h32-34H,4-31H2,1-3H3;2*3-10H2,1-2H3. The first-order valence-electron chi connectivity index (χ1n) is 26.0. The van der Waals surface area contributed by atoms with Crippen molar-refractivity contribution in [2.75, 3.05) is 52.5 Å². The summed E-state index contributed by atoms with van der Waals surface area (Å²) in [6, 6.07) is 0. The maximum absolute atomic E-state index is 3.60. The van der Waals surface area contributed by atoms with E-state index in [-0.39, 0.29) is 0 Å². The van der Waals surface area contributed by atoms with Crippen LogP contribution in [0, 0.1) is 0 Å². The topological polar surface area (TPSA) is 39.3 Å². The SMILES string of the molecule is CCCCCCCCCC.CCCCCCCCCC.CCCCCCCCCCCCN(CCCCCCCCCCC)CCNCNCCNCCC. The van der Waals surface area contributed by atoms with Gasteiger partial charge >= 0.3 is 0 Å². The highest BCUT2D eigenvalue weighted by Gasteiger charge is 2.05. The Kier molecular flexibility index (Phi) is 65.1. The van der Waals surface area contributed by atoms with E-state index in [1.54, 1.807) is 0 Å². The van der Waals surface area contributed by atoms with Crippen molar-refractivity contribution in [2.45, 2.75) is 280 Å². The molecule has 0 fully saturated rings. The van der Waals surface area contributed by atoms with Gasteiger partial charge in [0.1, 0.15) is 0 Å². The minimum absolute atomic E-state index is 0.929. The average Bonchev–Trinajstić information content (AvgIpc) is 3.20. The fourth-order valence-corrected chi connectivity index (χ4v) is 7.20. The second kappa shape index (κ2) is 60.5. The molecule has 0 aliphatic rings. The van der Waals surface area contributed by atoms with E-state index >= 15 is 0 Å². The quantitative estimate of drug-likeness (QED) is 0.0425. The first-order valence-corrected chi connectivity index (χ1v) is 26.0. The molecule has 3 N–H and O–H groups in total. The molecule has 0 saturated heterocycles. The molecule has 55 heavy (non-hydrogen) atoms. The zero-order valence-corrected chi connectivity index (χ0v) is 40.1. The summed E-state index contributed by atoms with van der Waals surface area (Å²) >= 11 is 0. The average molecular weight is 781 g/mol. The molecule has 4 heteroatoms. The van der Waals surface area contributed by atoms with Gasteiger partial charge in [0.2, 0.25) is 0 Å². The lowest BCUT2D eigenvalue weighted by Crippen LogP contribution is -2.39. The van der Waals surface area contributed by atoms with Crippen LogP contribution in [0.4, 0.5) is 0 Å². The Bertz CT molecular complexity index is 531. The smallest absolute Gasteiger partial charge is 0.0455 e. The van der Waals surface area contributed by atoms with Crippen molar-refractivity contribution in [2.24, 2.45) is 0 Å². The number of hydrogen-bond acceptors (Lipinski definition) is 4. The van der Waals surface area contributed by atoms with Crippen LogP contribution in [0.15, 0.2) is 0 Å². The minimum atomic E-state index is 0.929. The maximum atomic E-state index is 3.60. The van der Waals surface area contributed by atoms with Crippen molar-refractivity contribution < 1.29 is 0 Å². The van der Waals surface area contributed by atoms with Crippen molar-refractivity contribution >= 4 is 0 Å². The predicted molar refractivity (Wildman–Crippen MR) is 256 cm³/mol. The van der Waals surface area contributed by atoms with Gasteiger partial charge in [-0.3, -0.25) is 0 Å². The molecule has 0 heterocycles. The van der Waals surface area contributed by atoms with Crippen LogP contribution in [-0.4, -0.2) is 57.4 Å². The van der Waals surface area contributed by atoms with Gasteiger partial charge in [0.25, 0.3) is 0 Å². The van der Waals surface area contributed by atoms with Crippen molar-refractivity contribution in [1.29, 1.82) is 0 Å². The molecule has 0 spiro atoms. The second-order valence-corrected chi connectivity index (χ2v) is 17.0. The summed E-state index contributed by atoms with van der Waals surface area (Å²) in [7, 11) is 0. The Morgan fingerprint density at radius 2 is 0.473 bits per heavy atom. The van der Waals surface area contributed by atoms with E-state index in [1.807, 2.05) is 0 Å². The van der Waals surface area contributed by atoms with Gasteiger partial charge in [0, 0.05) is 32.8 Å². The Balaban J connectivity index is -0.00000109. The minimum Gasteiger partial charge on any atom is -0.315 e. The van der Waals surface area contributed by atoms with Crippen molar-refractivity contribution in [3.05, 3.63) is 0 Å². The lowest BCUT2D eigenvalue weighted by Gasteiger charge is -2.23. The molecule has 0 unspecified atom stereocenters. The third-order valence-corrected chi connectivity index (χ3v) is 11.1. The van der Waals surface area contributed by atoms with E-state index in [1.165, 1.54) is 251 Å². The lowest BCUT2D eigenvalue weighted by atomic mass is 10.1. The number of nitrogens with zero attached hydrogens (tertiary/aromatic N) is 1. The number of rotatable bonds is 45. The molecule has 0 aromatic carbocycles. The van der Waals surface area contributed by atoms with Gasteiger partial charge < -0.3 is 20.9 Å². The molecule has 0 aromatic rings. The Morgan fingerprint density at radius 3 is 0.764 bits per heavy atom. The van der Waals surface area contributed by atoms with Gasteiger partial charge in [0.05, 0.1) is 0 Å². The van der Waals surface area contributed by atoms with Gasteiger partial charge in [0.15, 0.2) is 0 Å². The summed E-state index contributed by atoms with van der Waals surface area (Å²) in [4.78, 5) is 2.74. The van der Waals surface area contributed by atoms with Crippen LogP contribution in [-0.2, 0) is 0 Å². The monoisotopic (exact) mass is 781 g/mol. The van der Waals surface area contributed by atoms with Gasteiger partial charge in [-0.25, -0.2) is 0 Å². The van der Waals surface area contributed by atoms with Crippen molar-refractivity contribution in [3.8, 4) is 0 Å². The molecule has 0 aliphatic heterocycles. The molecule has 0 radical (unpaired) electrons. The molecule has 0 saturated carbocycles. The van der Waals surface area contributed by atoms with E-state index in [0.29, 0.717) is 0 Å². The molecular formula is C51H112N4. The summed E-state index contributed by atoms with van der Waals surface area (Å²) in [6.07, 6.45) is 51.2. The molecule has 0 rings (SSSR count). The molecular weight excluding hydrogens is 669 g/mol. The van der Waals surface area contributed by atoms with Gasteiger partial charge in [-0.15, -0.1) is 0 Å². The second-order valence-electron chi connectivity index (χ2n) is 17.0. The number of nitrogens with one attached hydrogen (secondary N) is 3. The van der Waals surface area contributed by atoms with Crippen molar-refractivity contribution in [3.63, 3.8) is 0 Å². The summed E-state index contributed by atoms with van der Waals surface area (Å²) in [5, 5.41) is 10.5. The van der Waals surface area contributed by atoms with Crippen LogP contribution in [0.25, 0.3) is 0 Å². The molecule has 4 nitrogen and oxygen atoms in total. The van der Waals surface area contributed by atoms with E-state index in [2.05, 4.69) is 69.3 Å². The third kappa shape index (κ3) is 63.2. The van der Waals surface area contributed by atoms with Crippen LogP contribution < -0.4 is 16.0 Å². The van der Waals surface area contributed by atoms with Crippen LogP contribution in [0.3, 0.4) is 0 Å². The normalized spacial score (nSPS) is 11.1. The zero-order valence-electron chi connectivity index (χ0n) is 40.1. The zero-order chi connectivity index (χ0) is 40.8. The molecule has 0 atom stereocenters. The highest BCUT2D eigenvalue weighted by molar-refractivity contribution is 4.62. The largest absolute Gasteiger partial charge is 0.315 e. The summed E-state index contributed by atoms with van der Waals surface area (Å²) in [6.45, 7) is 25.0. The van der Waals surface area contributed by atoms with Crippen LogP contribution in [0.1, 0.15) is 280 Å². The van der Waals surface area contributed by atoms with E-state index < -0.39 is 0 Å². The summed E-state index contributed by atoms with van der Waals surface area (Å²) < 4.78 is 0. The van der Waals surface area contributed by atoms with Gasteiger partial charge in [-0.2, -0.15) is 0 Å². The van der Waals surface area contributed by atoms with Gasteiger partial charge in [-0.05, 0) is 38.9 Å². The number of hydrogen-bond donors (Lipinski definition) is 3. The first kappa shape index (κ1) is 59.2. The van der Waals surface area contributed by atoms with Crippen LogP contribution in [0.2, 0.25) is 0 Å². The first-order chi connectivity index (χ1) is 27.2. The van der Waals surface area contributed by atoms with Crippen LogP contribution in [0.5, 0.6) is 0 Å². The Morgan fingerprint density at radius 1 is 0.218 bits per heavy atom. The lowest BCUT2D eigenvalue weighted by molar-refractivity contribution is 0.259. The fourth-order valence-electron chi connectivity index (χ4n) is 7.20. The summed E-state index contributed by atoms with van der Waals surface area (Å²) in [5.74, 6) is 0. The van der Waals surface area contributed by atoms with Gasteiger partial charge in [-0.1, -0.05) is 260 Å². The molecule has 0 amide bonds. The molecule has 336 valence electrons. The van der Waals surface area contributed by atoms with E-state index in [9.17, 15) is 0 Å². The maximum Gasteiger partial charge on any atom is 0.0455 e. The van der Waals surface area contributed by atoms with E-state index in [0.717, 1.165) is 32.8 Å². The molecule has 0 aliphatic carbocycles. The Hall–Kier alpha value is -0.160. The third-order valence-electron chi connectivity index (χ3n) is 11.1. The molecule has 0 bridgehead atoms. The Labute approximate surface area is 351 Å². The van der Waals surface area contributed by atoms with E-state index in [4.69, 9.17) is 0 Å². The highest BCUT2D eigenvalue weighted by atomic mass is 15.1. The van der Waals surface area contributed by atoms with Crippen molar-refractivity contribution in [1.82, 2.24) is 20.9 Å². The molecule has 0 aromatic heterocycles. The summed E-state index contributed by atoms with van der Waals surface area (Å²) in [5.41, 5.74) is 0. The fraction of sp³-hybridized carbons (Fsp3) is 1.00. The highest BCUT2D eigenvalue weighted by Crippen LogP contribution is 2.13.